The van der Waals surface area contributed by atoms with Gasteiger partial charge in [0.05, 0.1) is 7.11 Å². The number of urea groups is 1. The molecular weight excluding hydrogens is 239 g/mol. The molecule has 1 aromatic carbocycles. The van der Waals surface area contributed by atoms with E-state index in [1.807, 2.05) is 0 Å². The number of methoxy groups -OCH3 is 1. The van der Waals surface area contributed by atoms with E-state index in [4.69, 9.17) is 0 Å². The second-order valence-electron chi connectivity index (χ2n) is 3.66. The zero-order valence-corrected chi connectivity index (χ0v) is 10.2. The van der Waals surface area contributed by atoms with Gasteiger partial charge in [-0.05, 0) is 13.0 Å². The number of hydrogen-bond acceptors (Lipinski definition) is 3. The number of carbonyl (C=O) groups excluding carboxylic acids is 2. The molecule has 2 N–H and O–H groups in total. The molecule has 0 saturated carbocycles. The number of nitrogens with one attached hydrogen (secondary N) is 2. The van der Waals surface area contributed by atoms with Crippen LogP contribution in [-0.4, -0.2) is 25.2 Å². The predicted octanol–water partition coefficient (Wildman–Crippen LogP) is 1.19. The van der Waals surface area contributed by atoms with Crippen LogP contribution in [0.5, 0.6) is 0 Å². The van der Waals surface area contributed by atoms with Gasteiger partial charge in [-0.2, -0.15) is 0 Å². The van der Waals surface area contributed by atoms with E-state index >= 15 is 0 Å². The van der Waals surface area contributed by atoms with Gasteiger partial charge in [-0.3, -0.25) is 0 Å². The summed E-state index contributed by atoms with van der Waals surface area (Å²) in [6.07, 6.45) is 0. The molecule has 18 heavy (non-hydrogen) atoms. The Morgan fingerprint density at radius 2 is 2.06 bits per heavy atom. The predicted molar refractivity (Wildman–Crippen MR) is 63.2 cm³/mol. The first-order chi connectivity index (χ1) is 8.54. The SMILES string of the molecule is COC(=O)[C@@H](C)NC(=O)NCc1ccccc1F. The van der Waals surface area contributed by atoms with Crippen molar-refractivity contribution in [1.29, 1.82) is 0 Å². The molecule has 0 fully saturated rings. The van der Waals surface area contributed by atoms with Gasteiger partial charge in [0.25, 0.3) is 0 Å². The smallest absolute Gasteiger partial charge is 0.328 e. The van der Waals surface area contributed by atoms with Crippen LogP contribution >= 0.6 is 0 Å². The molecule has 2 amide bonds. The summed E-state index contributed by atoms with van der Waals surface area (Å²) in [6, 6.07) is 4.81. The van der Waals surface area contributed by atoms with Crippen LogP contribution in [0.4, 0.5) is 9.18 Å². The molecular formula is C12H15FN2O3. The maximum absolute atomic E-state index is 13.2. The minimum Gasteiger partial charge on any atom is -0.467 e. The van der Waals surface area contributed by atoms with Crippen molar-refractivity contribution in [2.24, 2.45) is 0 Å². The van der Waals surface area contributed by atoms with Crippen LogP contribution in [0.15, 0.2) is 24.3 Å². The normalized spacial score (nSPS) is 11.5. The van der Waals surface area contributed by atoms with E-state index in [0.29, 0.717) is 5.56 Å². The minimum absolute atomic E-state index is 0.0480. The molecule has 5 nitrogen and oxygen atoms in total. The third-order valence-electron chi connectivity index (χ3n) is 2.30. The first kappa shape index (κ1) is 14.0. The molecule has 0 spiro atoms. The Labute approximate surface area is 104 Å². The molecule has 98 valence electrons. The van der Waals surface area contributed by atoms with Gasteiger partial charge < -0.3 is 15.4 Å². The first-order valence-electron chi connectivity index (χ1n) is 5.40. The summed E-state index contributed by atoms with van der Waals surface area (Å²) in [6.45, 7) is 1.54. The highest BCUT2D eigenvalue weighted by atomic mass is 19.1. The Balaban J connectivity index is 2.43. The van der Waals surface area contributed by atoms with Crippen molar-refractivity contribution in [3.8, 4) is 0 Å². The van der Waals surface area contributed by atoms with Crippen LogP contribution in [-0.2, 0) is 16.1 Å². The van der Waals surface area contributed by atoms with E-state index in [9.17, 15) is 14.0 Å². The number of benzene rings is 1. The fraction of sp³-hybridized carbons (Fsp3) is 0.333. The van der Waals surface area contributed by atoms with E-state index in [2.05, 4.69) is 15.4 Å². The fourth-order valence-corrected chi connectivity index (χ4v) is 1.30. The van der Waals surface area contributed by atoms with Crippen molar-refractivity contribution in [3.05, 3.63) is 35.6 Å². The number of hydrogen-bond donors (Lipinski definition) is 2. The highest BCUT2D eigenvalue weighted by molar-refractivity contribution is 5.83. The molecule has 0 heterocycles. The zero-order chi connectivity index (χ0) is 13.5. The Kier molecular flexibility index (Phi) is 5.10. The van der Waals surface area contributed by atoms with Crippen molar-refractivity contribution in [2.45, 2.75) is 19.5 Å². The van der Waals surface area contributed by atoms with Crippen LogP contribution in [0, 0.1) is 5.82 Å². The van der Waals surface area contributed by atoms with Crippen molar-refractivity contribution in [3.63, 3.8) is 0 Å². The third-order valence-corrected chi connectivity index (χ3v) is 2.30. The molecule has 0 aromatic heterocycles. The summed E-state index contributed by atoms with van der Waals surface area (Å²) in [4.78, 5) is 22.5. The van der Waals surface area contributed by atoms with Crippen LogP contribution in [0.3, 0.4) is 0 Å². The molecule has 0 saturated heterocycles. The number of ether oxygens (including phenoxy) is 1. The quantitative estimate of drug-likeness (QED) is 0.793. The number of rotatable bonds is 4. The molecule has 0 radical (unpaired) electrons. The lowest BCUT2D eigenvalue weighted by atomic mass is 10.2. The Bertz CT molecular complexity index is 437. The highest BCUT2D eigenvalue weighted by Crippen LogP contribution is 2.05. The van der Waals surface area contributed by atoms with Crippen LogP contribution < -0.4 is 10.6 Å². The summed E-state index contributed by atoms with van der Waals surface area (Å²) in [7, 11) is 1.23. The molecule has 1 atom stereocenters. The average Bonchev–Trinajstić information content (AvgIpc) is 2.36. The van der Waals surface area contributed by atoms with Crippen LogP contribution in [0.25, 0.3) is 0 Å². The molecule has 0 aliphatic carbocycles. The summed E-state index contributed by atoms with van der Waals surface area (Å²) < 4.78 is 17.7. The third kappa shape index (κ3) is 4.04. The molecule has 6 heteroatoms. The van der Waals surface area contributed by atoms with Gasteiger partial charge in [0.15, 0.2) is 0 Å². The van der Waals surface area contributed by atoms with Crippen molar-refractivity contribution in [2.75, 3.05) is 7.11 Å². The van der Waals surface area contributed by atoms with Gasteiger partial charge in [-0.25, -0.2) is 14.0 Å². The molecule has 0 aliphatic rings. The monoisotopic (exact) mass is 254 g/mol. The number of esters is 1. The molecule has 1 rings (SSSR count). The van der Waals surface area contributed by atoms with E-state index in [1.165, 1.54) is 20.1 Å². The highest BCUT2D eigenvalue weighted by Gasteiger charge is 2.15. The van der Waals surface area contributed by atoms with Gasteiger partial charge in [0, 0.05) is 12.1 Å². The van der Waals surface area contributed by atoms with Gasteiger partial charge in [-0.15, -0.1) is 0 Å². The zero-order valence-electron chi connectivity index (χ0n) is 10.2. The Morgan fingerprint density at radius 3 is 2.67 bits per heavy atom. The van der Waals surface area contributed by atoms with Gasteiger partial charge >= 0.3 is 12.0 Å². The van der Waals surface area contributed by atoms with Crippen molar-refractivity contribution < 1.29 is 18.7 Å². The number of carbonyl (C=O) groups is 2. The largest absolute Gasteiger partial charge is 0.467 e. The van der Waals surface area contributed by atoms with Crippen LogP contribution in [0.1, 0.15) is 12.5 Å². The summed E-state index contributed by atoms with van der Waals surface area (Å²) in [5, 5.41) is 4.83. The summed E-state index contributed by atoms with van der Waals surface area (Å²) in [5.41, 5.74) is 0.373. The van der Waals surface area contributed by atoms with Gasteiger partial charge in [0.1, 0.15) is 11.9 Å². The molecule has 1 aromatic rings. The second kappa shape index (κ2) is 6.58. The summed E-state index contributed by atoms with van der Waals surface area (Å²) >= 11 is 0. The van der Waals surface area contributed by atoms with E-state index in [1.54, 1.807) is 18.2 Å². The lowest BCUT2D eigenvalue weighted by Gasteiger charge is -2.12. The first-order valence-corrected chi connectivity index (χ1v) is 5.40. The van der Waals surface area contributed by atoms with Crippen LogP contribution in [0.2, 0.25) is 0 Å². The minimum atomic E-state index is -0.754. The van der Waals surface area contributed by atoms with E-state index in [0.717, 1.165) is 0 Å². The summed E-state index contributed by atoms with van der Waals surface area (Å²) in [5.74, 6) is -0.935. The van der Waals surface area contributed by atoms with Gasteiger partial charge in [-0.1, -0.05) is 18.2 Å². The second-order valence-corrected chi connectivity index (χ2v) is 3.66. The number of halogens is 1. The average molecular weight is 254 g/mol. The molecule has 0 aliphatic heterocycles. The number of amides is 2. The maximum atomic E-state index is 13.2. The molecule has 0 bridgehead atoms. The lowest BCUT2D eigenvalue weighted by molar-refractivity contribution is -0.142. The fourth-order valence-electron chi connectivity index (χ4n) is 1.30. The van der Waals surface area contributed by atoms with E-state index in [-0.39, 0.29) is 12.4 Å². The van der Waals surface area contributed by atoms with Crippen molar-refractivity contribution >= 4 is 12.0 Å². The topological polar surface area (TPSA) is 67.4 Å². The lowest BCUT2D eigenvalue weighted by Crippen LogP contribution is -2.44. The molecule has 0 unspecified atom stereocenters. The van der Waals surface area contributed by atoms with E-state index < -0.39 is 18.0 Å². The maximum Gasteiger partial charge on any atom is 0.328 e. The van der Waals surface area contributed by atoms with Gasteiger partial charge in [0.2, 0.25) is 0 Å². The Hall–Kier alpha value is -2.11. The Morgan fingerprint density at radius 1 is 1.39 bits per heavy atom. The standard InChI is InChI=1S/C12H15FN2O3/c1-8(11(16)18-2)15-12(17)14-7-9-5-3-4-6-10(9)13/h3-6,8H,7H2,1-2H3,(H2,14,15,17)/t8-/m1/s1. The van der Waals surface area contributed by atoms with Crippen molar-refractivity contribution in [1.82, 2.24) is 10.6 Å².